The van der Waals surface area contributed by atoms with E-state index >= 15 is 0 Å². The standard InChI is InChI=1S/C13H19N3O2/c1-10(17)9-15-13(18)11-5-4-6-14-12(11)16-7-2-3-8-16/h4-6,10,17H,2-3,7-9H2,1H3,(H,15,18). The normalized spacial score (nSPS) is 16.7. The first-order valence-electron chi connectivity index (χ1n) is 6.34. The number of rotatable bonds is 4. The number of nitrogens with zero attached hydrogens (tertiary/aromatic N) is 2. The van der Waals surface area contributed by atoms with Crippen molar-refractivity contribution >= 4 is 11.7 Å². The zero-order valence-corrected chi connectivity index (χ0v) is 10.6. The van der Waals surface area contributed by atoms with Gasteiger partial charge in [-0.3, -0.25) is 4.79 Å². The molecular weight excluding hydrogens is 230 g/mol. The summed E-state index contributed by atoms with van der Waals surface area (Å²) < 4.78 is 0. The van der Waals surface area contributed by atoms with E-state index in [9.17, 15) is 9.90 Å². The molecule has 5 heteroatoms. The van der Waals surface area contributed by atoms with E-state index in [2.05, 4.69) is 15.2 Å². The van der Waals surface area contributed by atoms with E-state index in [0.29, 0.717) is 5.56 Å². The highest BCUT2D eigenvalue weighted by Crippen LogP contribution is 2.21. The second-order valence-electron chi connectivity index (χ2n) is 4.63. The molecule has 98 valence electrons. The number of aliphatic hydroxyl groups excluding tert-OH is 1. The molecule has 1 unspecified atom stereocenters. The van der Waals surface area contributed by atoms with E-state index in [4.69, 9.17) is 0 Å². The van der Waals surface area contributed by atoms with Crippen molar-refractivity contribution in [2.24, 2.45) is 0 Å². The number of nitrogens with one attached hydrogen (secondary N) is 1. The molecule has 5 nitrogen and oxygen atoms in total. The van der Waals surface area contributed by atoms with Gasteiger partial charge in [0.2, 0.25) is 0 Å². The number of anilines is 1. The highest BCUT2D eigenvalue weighted by Gasteiger charge is 2.20. The van der Waals surface area contributed by atoms with E-state index in [1.807, 2.05) is 0 Å². The predicted octanol–water partition coefficient (Wildman–Crippen LogP) is 0.792. The van der Waals surface area contributed by atoms with Crippen LogP contribution in [0.15, 0.2) is 18.3 Å². The third kappa shape index (κ3) is 2.98. The van der Waals surface area contributed by atoms with Crippen molar-refractivity contribution in [3.05, 3.63) is 23.9 Å². The zero-order valence-electron chi connectivity index (χ0n) is 10.6. The van der Waals surface area contributed by atoms with Gasteiger partial charge in [0.1, 0.15) is 5.82 Å². The lowest BCUT2D eigenvalue weighted by Gasteiger charge is -2.19. The lowest BCUT2D eigenvalue weighted by molar-refractivity contribution is 0.0924. The molecule has 0 saturated carbocycles. The molecule has 0 aliphatic carbocycles. The van der Waals surface area contributed by atoms with Crippen molar-refractivity contribution in [2.75, 3.05) is 24.5 Å². The Kier molecular flexibility index (Phi) is 4.15. The molecule has 1 aliphatic rings. The predicted molar refractivity (Wildman–Crippen MR) is 69.7 cm³/mol. The summed E-state index contributed by atoms with van der Waals surface area (Å²) >= 11 is 0. The van der Waals surface area contributed by atoms with Crippen molar-refractivity contribution in [2.45, 2.75) is 25.9 Å². The van der Waals surface area contributed by atoms with E-state index < -0.39 is 6.10 Å². The third-order valence-electron chi connectivity index (χ3n) is 2.99. The molecule has 1 amide bonds. The largest absolute Gasteiger partial charge is 0.392 e. The van der Waals surface area contributed by atoms with Gasteiger partial charge in [0.05, 0.1) is 11.7 Å². The van der Waals surface area contributed by atoms with Gasteiger partial charge in [0.25, 0.3) is 5.91 Å². The topological polar surface area (TPSA) is 65.5 Å². The van der Waals surface area contributed by atoms with Crippen LogP contribution in [0.25, 0.3) is 0 Å². The molecule has 0 aromatic carbocycles. The first-order chi connectivity index (χ1) is 8.68. The van der Waals surface area contributed by atoms with Gasteiger partial charge >= 0.3 is 0 Å². The highest BCUT2D eigenvalue weighted by molar-refractivity contribution is 5.98. The molecule has 1 atom stereocenters. The Labute approximate surface area is 107 Å². The molecule has 1 aromatic heterocycles. The fourth-order valence-electron chi connectivity index (χ4n) is 2.09. The lowest BCUT2D eigenvalue weighted by Crippen LogP contribution is -2.32. The summed E-state index contributed by atoms with van der Waals surface area (Å²) in [5, 5.41) is 11.9. The number of hydrogen-bond donors (Lipinski definition) is 2. The van der Waals surface area contributed by atoms with Gasteiger partial charge in [-0.2, -0.15) is 0 Å². The Morgan fingerprint density at radius 2 is 2.28 bits per heavy atom. The summed E-state index contributed by atoms with van der Waals surface area (Å²) in [6, 6.07) is 3.54. The number of aliphatic hydroxyl groups is 1. The number of aromatic nitrogens is 1. The maximum absolute atomic E-state index is 12.0. The minimum Gasteiger partial charge on any atom is -0.392 e. The maximum Gasteiger partial charge on any atom is 0.255 e. The molecule has 2 N–H and O–H groups in total. The third-order valence-corrected chi connectivity index (χ3v) is 2.99. The van der Waals surface area contributed by atoms with Gasteiger partial charge in [0, 0.05) is 25.8 Å². The van der Waals surface area contributed by atoms with Crippen LogP contribution in [0.4, 0.5) is 5.82 Å². The fraction of sp³-hybridized carbons (Fsp3) is 0.538. The van der Waals surface area contributed by atoms with Crippen LogP contribution >= 0.6 is 0 Å². The first-order valence-corrected chi connectivity index (χ1v) is 6.34. The van der Waals surface area contributed by atoms with Gasteiger partial charge in [-0.05, 0) is 31.9 Å². The van der Waals surface area contributed by atoms with Crippen LogP contribution in [-0.4, -0.2) is 41.7 Å². The second-order valence-corrected chi connectivity index (χ2v) is 4.63. The van der Waals surface area contributed by atoms with Crippen molar-refractivity contribution in [1.82, 2.24) is 10.3 Å². The number of amides is 1. The van der Waals surface area contributed by atoms with Crippen LogP contribution in [0.1, 0.15) is 30.1 Å². The van der Waals surface area contributed by atoms with Crippen LogP contribution in [0.2, 0.25) is 0 Å². The van der Waals surface area contributed by atoms with Crippen molar-refractivity contribution in [3.8, 4) is 0 Å². The van der Waals surface area contributed by atoms with Gasteiger partial charge in [0.15, 0.2) is 0 Å². The maximum atomic E-state index is 12.0. The molecule has 1 aliphatic heterocycles. The molecule has 1 fully saturated rings. The smallest absolute Gasteiger partial charge is 0.255 e. The van der Waals surface area contributed by atoms with Gasteiger partial charge in [-0.25, -0.2) is 4.98 Å². The van der Waals surface area contributed by atoms with E-state index in [-0.39, 0.29) is 12.5 Å². The summed E-state index contributed by atoms with van der Waals surface area (Å²) in [5.74, 6) is 0.573. The molecular formula is C13H19N3O2. The number of carbonyl (C=O) groups is 1. The number of hydrogen-bond acceptors (Lipinski definition) is 4. The quantitative estimate of drug-likeness (QED) is 0.828. The monoisotopic (exact) mass is 249 g/mol. The number of carbonyl (C=O) groups excluding carboxylic acids is 1. The van der Waals surface area contributed by atoms with E-state index in [0.717, 1.165) is 31.7 Å². The van der Waals surface area contributed by atoms with Gasteiger partial charge in [-0.15, -0.1) is 0 Å². The van der Waals surface area contributed by atoms with Gasteiger partial charge in [-0.1, -0.05) is 0 Å². The van der Waals surface area contributed by atoms with Crippen molar-refractivity contribution in [3.63, 3.8) is 0 Å². The second kappa shape index (κ2) is 5.82. The van der Waals surface area contributed by atoms with Crippen LogP contribution in [-0.2, 0) is 0 Å². The average Bonchev–Trinajstić information content (AvgIpc) is 2.89. The minimum absolute atomic E-state index is 0.175. The number of pyridine rings is 1. The first kappa shape index (κ1) is 12.8. The SMILES string of the molecule is CC(O)CNC(=O)c1cccnc1N1CCCC1. The van der Waals surface area contributed by atoms with Crippen LogP contribution < -0.4 is 10.2 Å². The van der Waals surface area contributed by atoms with Crippen molar-refractivity contribution in [1.29, 1.82) is 0 Å². The van der Waals surface area contributed by atoms with Crippen LogP contribution in [0.3, 0.4) is 0 Å². The van der Waals surface area contributed by atoms with Crippen molar-refractivity contribution < 1.29 is 9.90 Å². The minimum atomic E-state index is -0.541. The average molecular weight is 249 g/mol. The summed E-state index contributed by atoms with van der Waals surface area (Å²) in [6.07, 6.45) is 3.45. The Morgan fingerprint density at radius 3 is 2.94 bits per heavy atom. The molecule has 0 bridgehead atoms. The summed E-state index contributed by atoms with van der Waals surface area (Å²) in [6.45, 7) is 3.81. The van der Waals surface area contributed by atoms with Crippen LogP contribution in [0.5, 0.6) is 0 Å². The summed E-state index contributed by atoms with van der Waals surface area (Å²) in [5.41, 5.74) is 0.583. The molecule has 1 saturated heterocycles. The summed E-state index contributed by atoms with van der Waals surface area (Å²) in [7, 11) is 0. The summed E-state index contributed by atoms with van der Waals surface area (Å²) in [4.78, 5) is 18.5. The Bertz CT molecular complexity index is 414. The molecule has 2 rings (SSSR count). The molecule has 2 heterocycles. The highest BCUT2D eigenvalue weighted by atomic mass is 16.3. The van der Waals surface area contributed by atoms with E-state index in [1.54, 1.807) is 25.3 Å². The van der Waals surface area contributed by atoms with Gasteiger partial charge < -0.3 is 15.3 Å². The lowest BCUT2D eigenvalue weighted by atomic mass is 10.2. The molecule has 0 spiro atoms. The Morgan fingerprint density at radius 1 is 1.56 bits per heavy atom. The molecule has 1 aromatic rings. The van der Waals surface area contributed by atoms with Crippen LogP contribution in [0, 0.1) is 0 Å². The fourth-order valence-corrected chi connectivity index (χ4v) is 2.09. The molecule has 0 radical (unpaired) electrons. The zero-order chi connectivity index (χ0) is 13.0. The molecule has 18 heavy (non-hydrogen) atoms. The Hall–Kier alpha value is -1.62. The van der Waals surface area contributed by atoms with E-state index in [1.165, 1.54) is 0 Å². The Balaban J connectivity index is 2.13.